The molecule has 1 aromatic rings. The summed E-state index contributed by atoms with van der Waals surface area (Å²) in [5.74, 6) is -4.56. The number of rotatable bonds is 4. The number of aliphatic hydroxyl groups is 1. The van der Waals surface area contributed by atoms with Gasteiger partial charge in [-0.2, -0.15) is 0 Å². The Morgan fingerprint density at radius 2 is 1.84 bits per heavy atom. The SMILES string of the molecule is COc1ccc(N(C)C)c2c1C(=O)C1=C(O)[C@]3(Cl)C(=O)C(C(=O)NC(C)=O)=C(Cl)[C@@H](N(C)C)[C@@H]3C[C@@H]1C2. The Kier molecular flexibility index (Phi) is 6.94. The van der Waals surface area contributed by atoms with Crippen LogP contribution < -0.4 is 15.0 Å². The first-order valence-electron chi connectivity index (χ1n) is 11.7. The minimum absolute atomic E-state index is 0.0307. The van der Waals surface area contributed by atoms with Gasteiger partial charge in [0.25, 0.3) is 5.91 Å². The number of Topliss-reactive ketones (excluding diaryl/α,β-unsaturated/α-hetero) is 2. The molecule has 0 aliphatic heterocycles. The highest BCUT2D eigenvalue weighted by atomic mass is 35.5. The number of alkyl halides is 1. The summed E-state index contributed by atoms with van der Waals surface area (Å²) >= 11 is 13.6. The number of ketones is 2. The van der Waals surface area contributed by atoms with Crippen molar-refractivity contribution in [1.29, 1.82) is 0 Å². The van der Waals surface area contributed by atoms with E-state index < -0.39 is 57.5 Å². The number of halogens is 2. The number of fused-ring (bicyclic) bond motifs is 3. The second-order valence-corrected chi connectivity index (χ2v) is 11.1. The largest absolute Gasteiger partial charge is 0.509 e. The summed E-state index contributed by atoms with van der Waals surface area (Å²) in [4.78, 5) is 53.6. The van der Waals surface area contributed by atoms with Crippen molar-refractivity contribution < 1.29 is 29.0 Å². The predicted octanol–water partition coefficient (Wildman–Crippen LogP) is 2.59. The summed E-state index contributed by atoms with van der Waals surface area (Å²) in [6, 6.07) is 2.83. The quantitative estimate of drug-likeness (QED) is 0.434. The number of ether oxygens (including phenoxy) is 1. The van der Waals surface area contributed by atoms with E-state index in [1.54, 1.807) is 25.1 Å². The molecule has 0 aromatic heterocycles. The van der Waals surface area contributed by atoms with Gasteiger partial charge in [-0.25, -0.2) is 0 Å². The summed E-state index contributed by atoms with van der Waals surface area (Å²) in [6.07, 6.45) is 0.659. The Bertz CT molecular complexity index is 1300. The van der Waals surface area contributed by atoms with Crippen LogP contribution in [0.2, 0.25) is 0 Å². The number of carbonyl (C=O) groups is 4. The number of amides is 2. The Morgan fingerprint density at radius 1 is 1.19 bits per heavy atom. The maximum Gasteiger partial charge on any atom is 0.262 e. The zero-order valence-electron chi connectivity index (χ0n) is 21.4. The van der Waals surface area contributed by atoms with Crippen LogP contribution in [-0.2, 0) is 20.8 Å². The van der Waals surface area contributed by atoms with Crippen LogP contribution in [0.5, 0.6) is 5.75 Å². The molecule has 0 saturated heterocycles. The molecule has 11 heteroatoms. The molecule has 198 valence electrons. The van der Waals surface area contributed by atoms with Gasteiger partial charge in [0.15, 0.2) is 16.4 Å². The van der Waals surface area contributed by atoms with E-state index in [1.165, 1.54) is 7.11 Å². The Labute approximate surface area is 225 Å². The molecule has 0 radical (unpaired) electrons. The smallest absolute Gasteiger partial charge is 0.262 e. The summed E-state index contributed by atoms with van der Waals surface area (Å²) in [6.45, 7) is 1.13. The lowest BCUT2D eigenvalue weighted by Crippen LogP contribution is -2.61. The van der Waals surface area contributed by atoms with Crippen LogP contribution in [0.25, 0.3) is 0 Å². The van der Waals surface area contributed by atoms with E-state index in [-0.39, 0.29) is 17.0 Å². The number of hydrogen-bond donors (Lipinski definition) is 2. The highest BCUT2D eigenvalue weighted by Gasteiger charge is 2.63. The standard InChI is InChI=1S/C26H29Cl2N3O6/c1-11(32)29-25(36)19-20(27)21(31(4)5)14-10-12-9-13-15(30(2)3)7-8-16(37-6)18(13)22(33)17(12)23(34)26(14,28)24(19)35/h7-8,12,14,21,34H,9-10H2,1-6H3,(H,29,32,36)/t12-,14-,21-,26-/m0/s1. The van der Waals surface area contributed by atoms with E-state index >= 15 is 0 Å². The van der Waals surface area contributed by atoms with E-state index in [2.05, 4.69) is 5.32 Å². The molecule has 0 bridgehead atoms. The monoisotopic (exact) mass is 549 g/mol. The number of hydrogen-bond acceptors (Lipinski definition) is 8. The van der Waals surface area contributed by atoms with Crippen molar-refractivity contribution in [1.82, 2.24) is 10.2 Å². The van der Waals surface area contributed by atoms with Gasteiger partial charge in [-0.15, -0.1) is 11.6 Å². The van der Waals surface area contributed by atoms with E-state index in [9.17, 15) is 24.3 Å². The molecule has 0 unspecified atom stereocenters. The summed E-state index contributed by atoms with van der Waals surface area (Å²) in [5, 5.41) is 13.6. The third-order valence-corrected chi connectivity index (χ3v) is 8.48. The first-order chi connectivity index (χ1) is 17.3. The second kappa shape index (κ2) is 9.45. The van der Waals surface area contributed by atoms with Crippen LogP contribution in [0.1, 0.15) is 29.3 Å². The molecule has 0 fully saturated rings. The highest BCUT2D eigenvalue weighted by Crippen LogP contribution is 2.56. The topological polar surface area (TPSA) is 116 Å². The van der Waals surface area contributed by atoms with E-state index in [4.69, 9.17) is 27.9 Å². The zero-order chi connectivity index (χ0) is 27.6. The molecule has 3 aliphatic rings. The minimum atomic E-state index is -2.12. The van der Waals surface area contributed by atoms with Gasteiger partial charge in [-0.1, -0.05) is 11.6 Å². The minimum Gasteiger partial charge on any atom is -0.509 e. The first kappa shape index (κ1) is 27.2. The van der Waals surface area contributed by atoms with Gasteiger partial charge in [0.2, 0.25) is 5.91 Å². The molecular formula is C26H29Cl2N3O6. The molecule has 2 amide bonds. The number of allylic oxidation sites excluding steroid dienone is 2. The number of imide groups is 1. The van der Waals surface area contributed by atoms with Crippen molar-refractivity contribution in [3.63, 3.8) is 0 Å². The lowest BCUT2D eigenvalue weighted by molar-refractivity contribution is -0.129. The van der Waals surface area contributed by atoms with Crippen molar-refractivity contribution in [2.24, 2.45) is 11.8 Å². The lowest BCUT2D eigenvalue weighted by Gasteiger charge is -2.50. The molecule has 4 rings (SSSR count). The van der Waals surface area contributed by atoms with Gasteiger partial charge in [-0.05, 0) is 50.6 Å². The molecular weight excluding hydrogens is 521 g/mol. The van der Waals surface area contributed by atoms with E-state index in [0.717, 1.165) is 18.2 Å². The molecule has 1 aromatic carbocycles. The van der Waals surface area contributed by atoms with E-state index in [1.807, 2.05) is 25.1 Å². The number of aliphatic hydroxyl groups excluding tert-OH is 1. The van der Waals surface area contributed by atoms with Gasteiger partial charge in [0, 0.05) is 38.2 Å². The van der Waals surface area contributed by atoms with Gasteiger partial charge in [-0.3, -0.25) is 24.5 Å². The second-order valence-electron chi connectivity index (χ2n) is 10.1. The Balaban J connectivity index is 1.95. The first-order valence-corrected chi connectivity index (χ1v) is 12.5. The molecule has 2 N–H and O–H groups in total. The van der Waals surface area contributed by atoms with Gasteiger partial charge < -0.3 is 19.6 Å². The van der Waals surface area contributed by atoms with Crippen molar-refractivity contribution in [3.8, 4) is 5.75 Å². The number of nitrogens with one attached hydrogen (secondary N) is 1. The number of anilines is 1. The fourth-order valence-corrected chi connectivity index (χ4v) is 6.85. The number of carbonyl (C=O) groups excluding carboxylic acids is 4. The van der Waals surface area contributed by atoms with Crippen LogP contribution >= 0.6 is 23.2 Å². The van der Waals surface area contributed by atoms with Gasteiger partial charge >= 0.3 is 0 Å². The van der Waals surface area contributed by atoms with Crippen LogP contribution in [-0.4, -0.2) is 79.6 Å². The normalized spacial score (nSPS) is 27.0. The van der Waals surface area contributed by atoms with Crippen molar-refractivity contribution in [2.75, 3.05) is 40.2 Å². The van der Waals surface area contributed by atoms with Crippen LogP contribution in [0, 0.1) is 11.8 Å². The van der Waals surface area contributed by atoms with E-state index in [0.29, 0.717) is 17.7 Å². The van der Waals surface area contributed by atoms with Crippen molar-refractivity contribution in [3.05, 3.63) is 45.2 Å². The molecule has 0 spiro atoms. The Morgan fingerprint density at radius 3 is 2.38 bits per heavy atom. The number of methoxy groups -OCH3 is 1. The average Bonchev–Trinajstić information content (AvgIpc) is 2.80. The highest BCUT2D eigenvalue weighted by molar-refractivity contribution is 6.48. The molecule has 37 heavy (non-hydrogen) atoms. The van der Waals surface area contributed by atoms with Gasteiger partial charge in [0.1, 0.15) is 17.1 Å². The molecule has 9 nitrogen and oxygen atoms in total. The average molecular weight is 550 g/mol. The summed E-state index contributed by atoms with van der Waals surface area (Å²) in [7, 11) is 8.64. The number of benzene rings is 1. The van der Waals surface area contributed by atoms with Crippen LogP contribution in [0.4, 0.5) is 5.69 Å². The fourth-order valence-electron chi connectivity index (χ4n) is 5.93. The molecule has 0 heterocycles. The Hall–Kier alpha value is -2.88. The summed E-state index contributed by atoms with van der Waals surface area (Å²) in [5.41, 5.74) is 1.45. The maximum absolute atomic E-state index is 13.9. The van der Waals surface area contributed by atoms with Crippen molar-refractivity contribution >= 4 is 52.3 Å². The number of nitrogens with zero attached hydrogens (tertiary/aromatic N) is 2. The lowest BCUT2D eigenvalue weighted by atomic mass is 9.60. The maximum atomic E-state index is 13.9. The third-order valence-electron chi connectivity index (χ3n) is 7.44. The van der Waals surface area contributed by atoms with Crippen molar-refractivity contribution in [2.45, 2.75) is 30.7 Å². The van der Waals surface area contributed by atoms with Gasteiger partial charge in [0.05, 0.1) is 23.7 Å². The molecule has 4 atom stereocenters. The fraction of sp³-hybridized carbons (Fsp3) is 0.462. The molecule has 0 saturated carbocycles. The van der Waals surface area contributed by atoms with Crippen LogP contribution in [0.3, 0.4) is 0 Å². The third kappa shape index (κ3) is 3.95. The van der Waals surface area contributed by atoms with Crippen LogP contribution in [0.15, 0.2) is 34.1 Å². The molecule has 3 aliphatic carbocycles. The number of likely N-dealkylation sites (N-methyl/N-ethyl adjacent to an activating group) is 1. The summed E-state index contributed by atoms with van der Waals surface area (Å²) < 4.78 is 5.47. The zero-order valence-corrected chi connectivity index (χ0v) is 23.0. The predicted molar refractivity (Wildman–Crippen MR) is 139 cm³/mol.